The Morgan fingerprint density at radius 2 is 2.32 bits per heavy atom. The largest absolute Gasteiger partial charge is 0.494 e. The molecule has 0 aliphatic carbocycles. The van der Waals surface area contributed by atoms with Gasteiger partial charge in [-0.25, -0.2) is 0 Å². The summed E-state index contributed by atoms with van der Waals surface area (Å²) in [7, 11) is 1.55. The fraction of sp³-hybridized carbons (Fsp3) is 0.154. The summed E-state index contributed by atoms with van der Waals surface area (Å²) in [6.07, 6.45) is 0. The van der Waals surface area contributed by atoms with E-state index in [1.165, 1.54) is 11.8 Å². The fourth-order valence-electron chi connectivity index (χ4n) is 1.48. The normalized spacial score (nSPS) is 10.2. The van der Waals surface area contributed by atoms with Crippen LogP contribution in [0.4, 0.5) is 11.4 Å². The average molecular weight is 294 g/mol. The van der Waals surface area contributed by atoms with Crippen LogP contribution < -0.4 is 15.8 Å². The van der Waals surface area contributed by atoms with Gasteiger partial charge in [0.15, 0.2) is 0 Å². The number of ether oxygens (including phenoxy) is 1. The molecule has 1 heterocycles. The van der Waals surface area contributed by atoms with Crippen molar-refractivity contribution >= 4 is 40.4 Å². The van der Waals surface area contributed by atoms with Crippen molar-refractivity contribution in [2.45, 2.75) is 4.21 Å². The summed E-state index contributed by atoms with van der Waals surface area (Å²) in [5, 5.41) is 4.80. The Morgan fingerprint density at radius 1 is 1.47 bits per heavy atom. The topological polar surface area (TPSA) is 64.3 Å². The molecule has 0 fully saturated rings. The number of carbonyl (C=O) groups is 1. The van der Waals surface area contributed by atoms with Gasteiger partial charge < -0.3 is 15.8 Å². The predicted molar refractivity (Wildman–Crippen MR) is 81.1 cm³/mol. The Balaban J connectivity index is 1.95. The first kappa shape index (κ1) is 13.8. The van der Waals surface area contributed by atoms with Crippen LogP contribution in [0, 0.1) is 0 Å². The molecular formula is C13H14N2O2S2. The van der Waals surface area contributed by atoms with Gasteiger partial charge in [-0.3, -0.25) is 4.79 Å². The van der Waals surface area contributed by atoms with E-state index in [1.54, 1.807) is 36.6 Å². The number of hydrogen-bond donors (Lipinski definition) is 2. The second kappa shape index (κ2) is 6.49. The van der Waals surface area contributed by atoms with E-state index in [0.29, 0.717) is 22.9 Å². The Bertz CT molecular complexity index is 556. The molecule has 0 atom stereocenters. The molecule has 0 saturated carbocycles. The summed E-state index contributed by atoms with van der Waals surface area (Å²) < 4.78 is 6.30. The zero-order chi connectivity index (χ0) is 13.7. The molecule has 0 aliphatic heterocycles. The lowest BCUT2D eigenvalue weighted by molar-refractivity contribution is -0.113. The number of thioether (sulfide) groups is 1. The molecule has 0 aliphatic rings. The van der Waals surface area contributed by atoms with E-state index < -0.39 is 0 Å². The molecule has 0 radical (unpaired) electrons. The third-order valence-electron chi connectivity index (χ3n) is 2.34. The number of amides is 1. The highest BCUT2D eigenvalue weighted by Gasteiger charge is 2.08. The molecule has 6 heteroatoms. The average Bonchev–Trinajstić information content (AvgIpc) is 2.91. The summed E-state index contributed by atoms with van der Waals surface area (Å²) in [6, 6.07) is 9.11. The van der Waals surface area contributed by atoms with E-state index in [2.05, 4.69) is 5.32 Å². The van der Waals surface area contributed by atoms with Crippen LogP contribution >= 0.6 is 23.1 Å². The van der Waals surface area contributed by atoms with E-state index in [4.69, 9.17) is 10.5 Å². The minimum atomic E-state index is -0.0681. The Morgan fingerprint density at radius 3 is 3.00 bits per heavy atom. The summed E-state index contributed by atoms with van der Waals surface area (Å²) >= 11 is 3.13. The van der Waals surface area contributed by atoms with Gasteiger partial charge in [0.1, 0.15) is 5.75 Å². The van der Waals surface area contributed by atoms with E-state index in [9.17, 15) is 4.79 Å². The molecule has 3 N–H and O–H groups in total. The van der Waals surface area contributed by atoms with E-state index in [-0.39, 0.29) is 5.91 Å². The van der Waals surface area contributed by atoms with Crippen LogP contribution in [-0.4, -0.2) is 18.8 Å². The smallest absolute Gasteiger partial charge is 0.234 e. The number of nitrogen functional groups attached to an aromatic ring is 1. The van der Waals surface area contributed by atoms with Gasteiger partial charge in [-0.05, 0) is 23.6 Å². The molecule has 0 unspecified atom stereocenters. The zero-order valence-electron chi connectivity index (χ0n) is 10.4. The van der Waals surface area contributed by atoms with Gasteiger partial charge in [-0.15, -0.1) is 23.1 Å². The molecule has 0 bridgehead atoms. The second-order valence-electron chi connectivity index (χ2n) is 3.73. The number of carbonyl (C=O) groups excluding carboxylic acids is 1. The predicted octanol–water partition coefficient (Wildman–Crippen LogP) is 3.07. The van der Waals surface area contributed by atoms with Gasteiger partial charge >= 0.3 is 0 Å². The third kappa shape index (κ3) is 3.90. The quantitative estimate of drug-likeness (QED) is 0.657. The number of thiophene rings is 1. The number of methoxy groups -OCH3 is 1. The van der Waals surface area contributed by atoms with Crippen molar-refractivity contribution in [3.05, 3.63) is 35.7 Å². The lowest BCUT2D eigenvalue weighted by Gasteiger charge is -2.10. The molecule has 1 amide bonds. The Labute approximate surface area is 120 Å². The molecule has 0 spiro atoms. The van der Waals surface area contributed by atoms with E-state index in [1.807, 2.05) is 17.5 Å². The van der Waals surface area contributed by atoms with Gasteiger partial charge in [-0.1, -0.05) is 6.07 Å². The maximum absolute atomic E-state index is 11.8. The van der Waals surface area contributed by atoms with E-state index in [0.717, 1.165) is 4.21 Å². The van der Waals surface area contributed by atoms with Crippen LogP contribution in [0.15, 0.2) is 39.9 Å². The molecular weight excluding hydrogens is 280 g/mol. The van der Waals surface area contributed by atoms with Gasteiger partial charge in [0.25, 0.3) is 0 Å². The number of rotatable bonds is 5. The second-order valence-corrected chi connectivity index (χ2v) is 5.95. The van der Waals surface area contributed by atoms with Gasteiger partial charge in [-0.2, -0.15) is 0 Å². The number of anilines is 2. The first-order valence-corrected chi connectivity index (χ1v) is 7.45. The minimum absolute atomic E-state index is 0.0681. The van der Waals surface area contributed by atoms with Crippen LogP contribution in [0.25, 0.3) is 0 Å². The van der Waals surface area contributed by atoms with E-state index >= 15 is 0 Å². The molecule has 1 aromatic carbocycles. The third-order valence-corrected chi connectivity index (χ3v) is 4.47. The van der Waals surface area contributed by atoms with Crippen molar-refractivity contribution in [1.82, 2.24) is 0 Å². The summed E-state index contributed by atoms with van der Waals surface area (Å²) in [5.74, 6) is 0.865. The highest BCUT2D eigenvalue weighted by Crippen LogP contribution is 2.27. The molecule has 0 saturated heterocycles. The van der Waals surface area contributed by atoms with Crippen LogP contribution in [0.1, 0.15) is 0 Å². The van der Waals surface area contributed by atoms with Crippen LogP contribution in [0.2, 0.25) is 0 Å². The first-order valence-electron chi connectivity index (χ1n) is 5.58. The SMILES string of the molecule is COc1cc(N)ccc1NC(=O)CSc1cccs1. The molecule has 19 heavy (non-hydrogen) atoms. The Hall–Kier alpha value is -1.66. The molecule has 4 nitrogen and oxygen atoms in total. The maximum atomic E-state index is 11.8. The fourth-order valence-corrected chi connectivity index (χ4v) is 3.06. The van der Waals surface area contributed by atoms with Crippen molar-refractivity contribution in [3.8, 4) is 5.75 Å². The maximum Gasteiger partial charge on any atom is 0.234 e. The lowest BCUT2D eigenvalue weighted by Crippen LogP contribution is -2.14. The first-order chi connectivity index (χ1) is 9.19. The number of nitrogens with one attached hydrogen (secondary N) is 1. The van der Waals surface area contributed by atoms with Crippen LogP contribution in [-0.2, 0) is 4.79 Å². The Kier molecular flexibility index (Phi) is 4.70. The number of hydrogen-bond acceptors (Lipinski definition) is 5. The molecule has 2 rings (SSSR count). The summed E-state index contributed by atoms with van der Waals surface area (Å²) in [5.41, 5.74) is 6.89. The van der Waals surface area contributed by atoms with Gasteiger partial charge in [0.05, 0.1) is 22.8 Å². The number of benzene rings is 1. The summed E-state index contributed by atoms with van der Waals surface area (Å²) in [6.45, 7) is 0. The van der Waals surface area contributed by atoms with Crippen molar-refractivity contribution in [2.24, 2.45) is 0 Å². The van der Waals surface area contributed by atoms with Gasteiger partial charge in [0.2, 0.25) is 5.91 Å². The van der Waals surface area contributed by atoms with Crippen LogP contribution in [0.5, 0.6) is 5.75 Å². The van der Waals surface area contributed by atoms with Crippen molar-refractivity contribution < 1.29 is 9.53 Å². The van der Waals surface area contributed by atoms with Crippen molar-refractivity contribution in [1.29, 1.82) is 0 Å². The highest BCUT2D eigenvalue weighted by molar-refractivity contribution is 8.01. The highest BCUT2D eigenvalue weighted by atomic mass is 32.2. The summed E-state index contributed by atoms with van der Waals surface area (Å²) in [4.78, 5) is 11.8. The monoisotopic (exact) mass is 294 g/mol. The van der Waals surface area contributed by atoms with Crippen molar-refractivity contribution in [3.63, 3.8) is 0 Å². The molecule has 1 aromatic heterocycles. The van der Waals surface area contributed by atoms with Crippen molar-refractivity contribution in [2.75, 3.05) is 23.9 Å². The van der Waals surface area contributed by atoms with Gasteiger partial charge in [0, 0.05) is 11.8 Å². The number of nitrogens with two attached hydrogens (primary N) is 1. The molecule has 2 aromatic rings. The minimum Gasteiger partial charge on any atom is -0.494 e. The lowest BCUT2D eigenvalue weighted by atomic mass is 10.2. The zero-order valence-corrected chi connectivity index (χ0v) is 12.0. The van der Waals surface area contributed by atoms with Crippen LogP contribution in [0.3, 0.4) is 0 Å². The molecule has 100 valence electrons. The standard InChI is InChI=1S/C13H14N2O2S2/c1-17-11-7-9(14)4-5-10(11)15-12(16)8-19-13-3-2-6-18-13/h2-7H,8,14H2,1H3,(H,15,16).